The highest BCUT2D eigenvalue weighted by Gasteiger charge is 2.22. The zero-order chi connectivity index (χ0) is 18.3. The zero-order valence-electron chi connectivity index (χ0n) is 15.1. The highest BCUT2D eigenvalue weighted by Crippen LogP contribution is 2.28. The molecule has 0 spiro atoms. The molecule has 0 amide bonds. The number of likely N-dealkylation sites (tertiary alicyclic amines) is 1. The van der Waals surface area contributed by atoms with Gasteiger partial charge in [-0.1, -0.05) is 30.3 Å². The van der Waals surface area contributed by atoms with Gasteiger partial charge in [0, 0.05) is 27.2 Å². The first-order chi connectivity index (χ1) is 12.6. The summed E-state index contributed by atoms with van der Waals surface area (Å²) in [5.74, 6) is 0.598. The van der Waals surface area contributed by atoms with Gasteiger partial charge in [-0.05, 0) is 24.3 Å². The van der Waals surface area contributed by atoms with E-state index in [1.54, 1.807) is 13.4 Å². The number of hydrogen-bond acceptors (Lipinski definition) is 4. The normalized spacial score (nSPS) is 16.4. The summed E-state index contributed by atoms with van der Waals surface area (Å²) in [6.07, 6.45) is 3.87. The Morgan fingerprint density at radius 2 is 1.73 bits per heavy atom. The molecule has 0 bridgehead atoms. The number of benzene rings is 1. The molecule has 0 radical (unpaired) electrons. The van der Waals surface area contributed by atoms with Crippen molar-refractivity contribution in [3.8, 4) is 0 Å². The largest absolute Gasteiger partial charge is 0.332 e. The monoisotopic (exact) mass is 353 g/mol. The van der Waals surface area contributed by atoms with Crippen LogP contribution in [0.3, 0.4) is 0 Å². The average molecular weight is 353 g/mol. The van der Waals surface area contributed by atoms with E-state index >= 15 is 0 Å². The average Bonchev–Trinajstić information content (AvgIpc) is 3.10. The molecule has 136 valence electrons. The van der Waals surface area contributed by atoms with Crippen LogP contribution < -0.4 is 11.2 Å². The van der Waals surface area contributed by atoms with E-state index in [4.69, 9.17) is 0 Å². The molecule has 26 heavy (non-hydrogen) atoms. The van der Waals surface area contributed by atoms with E-state index in [2.05, 4.69) is 40.2 Å². The van der Waals surface area contributed by atoms with Crippen LogP contribution in [0.5, 0.6) is 0 Å². The molecule has 1 saturated heterocycles. The minimum Gasteiger partial charge on any atom is -0.311 e. The van der Waals surface area contributed by atoms with E-state index < -0.39 is 0 Å². The summed E-state index contributed by atoms with van der Waals surface area (Å²) in [5, 5.41) is 0. The van der Waals surface area contributed by atoms with Gasteiger partial charge in [-0.2, -0.15) is 0 Å². The van der Waals surface area contributed by atoms with Gasteiger partial charge in [-0.25, -0.2) is 9.78 Å². The van der Waals surface area contributed by atoms with Crippen molar-refractivity contribution >= 4 is 11.2 Å². The van der Waals surface area contributed by atoms with Gasteiger partial charge in [0.25, 0.3) is 5.56 Å². The first kappa shape index (κ1) is 16.8. The van der Waals surface area contributed by atoms with Gasteiger partial charge in [0.15, 0.2) is 11.2 Å². The van der Waals surface area contributed by atoms with Crippen molar-refractivity contribution in [3.63, 3.8) is 0 Å². The maximum absolute atomic E-state index is 12.5. The van der Waals surface area contributed by atoms with Gasteiger partial charge in [-0.15, -0.1) is 0 Å². The Morgan fingerprint density at radius 1 is 1.04 bits per heavy atom. The summed E-state index contributed by atoms with van der Waals surface area (Å²) < 4.78 is 4.43. The molecule has 0 saturated carbocycles. The maximum atomic E-state index is 12.5. The SMILES string of the molecule is Cn1c(=O)c2c(ncn2CN2CCC(c3ccccc3)CC2)n(C)c1=O. The molecule has 1 aromatic carbocycles. The van der Waals surface area contributed by atoms with Crippen LogP contribution in [-0.2, 0) is 20.8 Å². The molecule has 7 heteroatoms. The van der Waals surface area contributed by atoms with Crippen molar-refractivity contribution in [2.24, 2.45) is 14.1 Å². The van der Waals surface area contributed by atoms with Gasteiger partial charge < -0.3 is 4.57 Å². The van der Waals surface area contributed by atoms with Crippen LogP contribution in [-0.4, -0.2) is 36.7 Å². The van der Waals surface area contributed by atoms with Crippen LogP contribution >= 0.6 is 0 Å². The third-order valence-corrected chi connectivity index (χ3v) is 5.43. The minimum atomic E-state index is -0.351. The van der Waals surface area contributed by atoms with E-state index in [0.29, 0.717) is 23.8 Å². The summed E-state index contributed by atoms with van der Waals surface area (Å²) in [6, 6.07) is 10.7. The van der Waals surface area contributed by atoms with Crippen LogP contribution in [0.1, 0.15) is 24.3 Å². The van der Waals surface area contributed by atoms with Gasteiger partial charge in [0.05, 0.1) is 13.0 Å². The summed E-state index contributed by atoms with van der Waals surface area (Å²) in [7, 11) is 3.15. The molecule has 1 fully saturated rings. The molecule has 4 rings (SSSR count). The second kappa shape index (κ2) is 6.57. The van der Waals surface area contributed by atoms with E-state index in [1.807, 2.05) is 4.57 Å². The lowest BCUT2D eigenvalue weighted by Gasteiger charge is -2.32. The van der Waals surface area contributed by atoms with Gasteiger partial charge in [-0.3, -0.25) is 18.8 Å². The Morgan fingerprint density at radius 3 is 2.42 bits per heavy atom. The zero-order valence-corrected chi connectivity index (χ0v) is 15.1. The lowest BCUT2D eigenvalue weighted by molar-refractivity contribution is 0.171. The lowest BCUT2D eigenvalue weighted by atomic mass is 9.90. The molecule has 0 aliphatic carbocycles. The predicted molar refractivity (Wildman–Crippen MR) is 100 cm³/mol. The first-order valence-electron chi connectivity index (χ1n) is 8.94. The molecule has 7 nitrogen and oxygen atoms in total. The van der Waals surface area contributed by atoms with Crippen molar-refractivity contribution in [2.75, 3.05) is 13.1 Å². The quantitative estimate of drug-likeness (QED) is 0.711. The molecule has 2 aromatic heterocycles. The Labute approximate surface area is 151 Å². The Hall–Kier alpha value is -2.67. The molecular formula is C19H23N5O2. The molecule has 1 aliphatic rings. The van der Waals surface area contributed by atoms with Crippen molar-refractivity contribution < 1.29 is 0 Å². The fourth-order valence-corrected chi connectivity index (χ4v) is 3.85. The number of imidazole rings is 1. The maximum Gasteiger partial charge on any atom is 0.332 e. The van der Waals surface area contributed by atoms with Crippen molar-refractivity contribution in [1.82, 2.24) is 23.6 Å². The van der Waals surface area contributed by atoms with Crippen molar-refractivity contribution in [3.05, 3.63) is 63.1 Å². The molecule has 0 unspecified atom stereocenters. The highest BCUT2D eigenvalue weighted by atomic mass is 16.2. The van der Waals surface area contributed by atoms with Gasteiger partial charge in [0.1, 0.15) is 0 Å². The third-order valence-electron chi connectivity index (χ3n) is 5.43. The molecule has 0 N–H and O–H groups in total. The summed E-state index contributed by atoms with van der Waals surface area (Å²) in [4.78, 5) is 31.2. The Kier molecular flexibility index (Phi) is 4.24. The summed E-state index contributed by atoms with van der Waals surface area (Å²) in [6.45, 7) is 2.57. The summed E-state index contributed by atoms with van der Waals surface area (Å²) in [5.41, 5.74) is 1.69. The van der Waals surface area contributed by atoms with Gasteiger partial charge in [0.2, 0.25) is 0 Å². The Bertz CT molecular complexity index is 1040. The number of aromatic nitrogens is 4. The third kappa shape index (κ3) is 2.78. The fraction of sp³-hybridized carbons (Fsp3) is 0.421. The van der Waals surface area contributed by atoms with Crippen LogP contribution in [0.25, 0.3) is 11.2 Å². The minimum absolute atomic E-state index is 0.292. The predicted octanol–water partition coefficient (Wildman–Crippen LogP) is 1.27. The molecular weight excluding hydrogens is 330 g/mol. The number of aryl methyl sites for hydroxylation is 1. The van der Waals surface area contributed by atoms with Crippen LogP contribution in [0.4, 0.5) is 0 Å². The second-order valence-electron chi connectivity index (χ2n) is 7.04. The van der Waals surface area contributed by atoms with Crippen molar-refractivity contribution in [2.45, 2.75) is 25.4 Å². The first-order valence-corrected chi connectivity index (χ1v) is 8.94. The molecule has 0 atom stereocenters. The molecule has 1 aliphatic heterocycles. The second-order valence-corrected chi connectivity index (χ2v) is 7.04. The lowest BCUT2D eigenvalue weighted by Crippen LogP contribution is -2.39. The number of hydrogen-bond donors (Lipinski definition) is 0. The van der Waals surface area contributed by atoms with E-state index in [0.717, 1.165) is 30.5 Å². The van der Waals surface area contributed by atoms with E-state index in [1.165, 1.54) is 17.2 Å². The standard InChI is InChI=1S/C19H23N5O2/c1-21-17-16(18(25)22(2)19(21)26)24(12-20-17)13-23-10-8-15(9-11-23)14-6-4-3-5-7-14/h3-7,12,15H,8-11,13H2,1-2H3. The fourth-order valence-electron chi connectivity index (χ4n) is 3.85. The number of rotatable bonds is 3. The van der Waals surface area contributed by atoms with Gasteiger partial charge >= 0.3 is 5.69 Å². The number of fused-ring (bicyclic) bond motifs is 1. The van der Waals surface area contributed by atoms with Crippen LogP contribution in [0.15, 0.2) is 46.2 Å². The van der Waals surface area contributed by atoms with E-state index in [9.17, 15) is 9.59 Å². The smallest absolute Gasteiger partial charge is 0.311 e. The summed E-state index contributed by atoms with van der Waals surface area (Å²) >= 11 is 0. The van der Waals surface area contributed by atoms with Crippen LogP contribution in [0.2, 0.25) is 0 Å². The van der Waals surface area contributed by atoms with E-state index in [-0.39, 0.29) is 11.2 Å². The topological polar surface area (TPSA) is 65.1 Å². The number of nitrogens with zero attached hydrogens (tertiary/aromatic N) is 5. The molecule has 3 heterocycles. The molecule has 3 aromatic rings. The van der Waals surface area contributed by atoms with Crippen LogP contribution in [0, 0.1) is 0 Å². The number of piperidine rings is 1. The highest BCUT2D eigenvalue weighted by molar-refractivity contribution is 5.69. The van der Waals surface area contributed by atoms with Crippen molar-refractivity contribution in [1.29, 1.82) is 0 Å². The Balaban J connectivity index is 1.54.